The highest BCUT2D eigenvalue weighted by atomic mass is 16.5. The average molecular weight is 303 g/mol. The van der Waals surface area contributed by atoms with Gasteiger partial charge in [-0.2, -0.15) is 4.98 Å². The molecular weight excluding hydrogens is 290 g/mol. The van der Waals surface area contributed by atoms with Crippen molar-refractivity contribution in [1.82, 2.24) is 15.3 Å². The van der Waals surface area contributed by atoms with E-state index in [0.29, 0.717) is 23.2 Å². The molecule has 5 nitrogen and oxygen atoms in total. The average Bonchev–Trinajstić information content (AvgIpc) is 3.26. The minimum atomic E-state index is 0.339. The van der Waals surface area contributed by atoms with Crippen LogP contribution in [0, 0.1) is 6.92 Å². The molecule has 2 aromatic carbocycles. The van der Waals surface area contributed by atoms with E-state index in [0.717, 1.165) is 11.1 Å². The molecule has 0 bridgehead atoms. The van der Waals surface area contributed by atoms with Crippen molar-refractivity contribution in [3.8, 4) is 34.3 Å². The topological polar surface area (TPSA) is 65.0 Å². The Morgan fingerprint density at radius 2 is 1.57 bits per heavy atom. The van der Waals surface area contributed by atoms with Gasteiger partial charge in [0.2, 0.25) is 5.82 Å². The number of nitrogens with zero attached hydrogens (tertiary/aromatic N) is 3. The van der Waals surface area contributed by atoms with E-state index in [-0.39, 0.29) is 0 Å². The van der Waals surface area contributed by atoms with Crippen LogP contribution in [0.3, 0.4) is 0 Å². The summed E-state index contributed by atoms with van der Waals surface area (Å²) < 4.78 is 10.7. The molecule has 0 spiro atoms. The minimum Gasteiger partial charge on any atom is -0.355 e. The molecule has 0 unspecified atom stereocenters. The third-order valence-corrected chi connectivity index (χ3v) is 3.52. The Kier molecular flexibility index (Phi) is 3.24. The fraction of sp³-hybridized carbons (Fsp3) is 0.0556. The molecule has 0 amide bonds. The number of rotatable bonds is 3. The molecule has 0 aliphatic rings. The van der Waals surface area contributed by atoms with Crippen molar-refractivity contribution in [3.63, 3.8) is 0 Å². The van der Waals surface area contributed by atoms with Gasteiger partial charge in [0.25, 0.3) is 5.89 Å². The largest absolute Gasteiger partial charge is 0.355 e. The van der Waals surface area contributed by atoms with Crippen molar-refractivity contribution in [1.29, 1.82) is 0 Å². The standard InChI is InChI=1S/C18H13N3O2/c1-12-7-9-14(10-8-12)17-19-18(23-21-17)15-11-16(22-20-15)13-5-3-2-4-6-13/h2-11H,1H3. The Hall–Kier alpha value is -3.21. The van der Waals surface area contributed by atoms with Crippen molar-refractivity contribution in [3.05, 3.63) is 66.2 Å². The smallest absolute Gasteiger partial charge is 0.280 e. The molecule has 2 aromatic heterocycles. The van der Waals surface area contributed by atoms with E-state index in [1.54, 1.807) is 6.07 Å². The van der Waals surface area contributed by atoms with Crippen molar-refractivity contribution in [2.24, 2.45) is 0 Å². The third-order valence-electron chi connectivity index (χ3n) is 3.52. The molecule has 0 atom stereocenters. The SMILES string of the molecule is Cc1ccc(-c2noc(-c3cc(-c4ccccc4)on3)n2)cc1. The van der Waals surface area contributed by atoms with E-state index in [9.17, 15) is 0 Å². The van der Waals surface area contributed by atoms with Gasteiger partial charge in [-0.25, -0.2) is 0 Å². The molecule has 0 aliphatic heterocycles. The van der Waals surface area contributed by atoms with Gasteiger partial charge in [-0.05, 0) is 6.92 Å². The normalized spacial score (nSPS) is 10.8. The Balaban J connectivity index is 1.65. The van der Waals surface area contributed by atoms with Gasteiger partial charge in [0.15, 0.2) is 11.5 Å². The lowest BCUT2D eigenvalue weighted by Crippen LogP contribution is -1.81. The number of benzene rings is 2. The van der Waals surface area contributed by atoms with E-state index < -0.39 is 0 Å². The summed E-state index contributed by atoms with van der Waals surface area (Å²) >= 11 is 0. The molecule has 0 N–H and O–H groups in total. The van der Waals surface area contributed by atoms with Crippen molar-refractivity contribution in [2.45, 2.75) is 6.92 Å². The van der Waals surface area contributed by atoms with Crippen LogP contribution < -0.4 is 0 Å². The second-order valence-electron chi connectivity index (χ2n) is 5.23. The fourth-order valence-corrected chi connectivity index (χ4v) is 2.26. The number of hydrogen-bond donors (Lipinski definition) is 0. The Labute approximate surface area is 132 Å². The first-order valence-corrected chi connectivity index (χ1v) is 7.23. The quantitative estimate of drug-likeness (QED) is 0.562. The predicted molar refractivity (Wildman–Crippen MR) is 85.4 cm³/mol. The minimum absolute atomic E-state index is 0.339. The number of hydrogen-bond acceptors (Lipinski definition) is 5. The summed E-state index contributed by atoms with van der Waals surface area (Å²) in [6.07, 6.45) is 0. The molecular formula is C18H13N3O2. The summed E-state index contributed by atoms with van der Waals surface area (Å²) in [7, 11) is 0. The van der Waals surface area contributed by atoms with Crippen LogP contribution >= 0.6 is 0 Å². The first kappa shape index (κ1) is 13.5. The lowest BCUT2D eigenvalue weighted by molar-refractivity contribution is 0.411. The fourth-order valence-electron chi connectivity index (χ4n) is 2.26. The highest BCUT2D eigenvalue weighted by Gasteiger charge is 2.15. The molecule has 112 valence electrons. The van der Waals surface area contributed by atoms with Crippen LogP contribution in [0.5, 0.6) is 0 Å². The van der Waals surface area contributed by atoms with Crippen LogP contribution in [0.2, 0.25) is 0 Å². The zero-order chi connectivity index (χ0) is 15.6. The van der Waals surface area contributed by atoms with Crippen LogP contribution in [0.4, 0.5) is 0 Å². The monoisotopic (exact) mass is 303 g/mol. The second-order valence-corrected chi connectivity index (χ2v) is 5.23. The van der Waals surface area contributed by atoms with Gasteiger partial charge in [-0.3, -0.25) is 0 Å². The maximum atomic E-state index is 5.36. The zero-order valence-corrected chi connectivity index (χ0v) is 12.4. The van der Waals surface area contributed by atoms with E-state index in [2.05, 4.69) is 15.3 Å². The third kappa shape index (κ3) is 2.64. The van der Waals surface area contributed by atoms with Crippen molar-refractivity contribution >= 4 is 0 Å². The highest BCUT2D eigenvalue weighted by Crippen LogP contribution is 2.26. The van der Waals surface area contributed by atoms with Crippen molar-refractivity contribution in [2.75, 3.05) is 0 Å². The van der Waals surface area contributed by atoms with E-state index in [1.165, 1.54) is 5.56 Å². The molecule has 0 aliphatic carbocycles. The lowest BCUT2D eigenvalue weighted by Gasteiger charge is -1.94. The summed E-state index contributed by atoms with van der Waals surface area (Å²) in [4.78, 5) is 4.39. The molecule has 2 heterocycles. The van der Waals surface area contributed by atoms with Crippen LogP contribution in [-0.2, 0) is 0 Å². The van der Waals surface area contributed by atoms with E-state index >= 15 is 0 Å². The molecule has 4 aromatic rings. The maximum Gasteiger partial charge on any atom is 0.280 e. The van der Waals surface area contributed by atoms with Gasteiger partial charge in [0.1, 0.15) is 0 Å². The number of aromatic nitrogens is 3. The molecule has 0 radical (unpaired) electrons. The van der Waals surface area contributed by atoms with Crippen LogP contribution in [-0.4, -0.2) is 15.3 Å². The molecule has 5 heteroatoms. The first-order chi connectivity index (χ1) is 11.3. The summed E-state index contributed by atoms with van der Waals surface area (Å²) in [6, 6.07) is 19.5. The summed E-state index contributed by atoms with van der Waals surface area (Å²) in [5.74, 6) is 1.53. The molecule has 4 rings (SSSR count). The first-order valence-electron chi connectivity index (χ1n) is 7.23. The van der Waals surface area contributed by atoms with E-state index in [1.807, 2.05) is 61.5 Å². The van der Waals surface area contributed by atoms with Gasteiger partial charge in [-0.1, -0.05) is 70.5 Å². The lowest BCUT2D eigenvalue weighted by atomic mass is 10.1. The Morgan fingerprint density at radius 3 is 2.35 bits per heavy atom. The van der Waals surface area contributed by atoms with Crippen molar-refractivity contribution < 1.29 is 9.05 Å². The van der Waals surface area contributed by atoms with E-state index in [4.69, 9.17) is 9.05 Å². The van der Waals surface area contributed by atoms with Crippen LogP contribution in [0.15, 0.2) is 69.7 Å². The number of aryl methyl sites for hydroxylation is 1. The second kappa shape index (κ2) is 5.53. The summed E-state index contributed by atoms with van der Waals surface area (Å²) in [6.45, 7) is 2.03. The Morgan fingerprint density at radius 1 is 0.783 bits per heavy atom. The molecule has 0 fully saturated rings. The maximum absolute atomic E-state index is 5.36. The highest BCUT2D eigenvalue weighted by molar-refractivity contribution is 5.63. The molecule has 23 heavy (non-hydrogen) atoms. The van der Waals surface area contributed by atoms with Gasteiger partial charge >= 0.3 is 0 Å². The predicted octanol–water partition coefficient (Wildman–Crippen LogP) is 4.37. The van der Waals surface area contributed by atoms with Gasteiger partial charge < -0.3 is 9.05 Å². The molecule has 0 saturated carbocycles. The molecule has 0 saturated heterocycles. The van der Waals surface area contributed by atoms with Crippen LogP contribution in [0.1, 0.15) is 5.56 Å². The van der Waals surface area contributed by atoms with Gasteiger partial charge in [0.05, 0.1) is 0 Å². The summed E-state index contributed by atoms with van der Waals surface area (Å²) in [5, 5.41) is 8.02. The Bertz CT molecular complexity index is 924. The van der Waals surface area contributed by atoms with Gasteiger partial charge in [0, 0.05) is 17.2 Å². The van der Waals surface area contributed by atoms with Crippen LogP contribution in [0.25, 0.3) is 34.3 Å². The summed E-state index contributed by atoms with van der Waals surface area (Å²) in [5.41, 5.74) is 3.55. The van der Waals surface area contributed by atoms with Gasteiger partial charge in [-0.15, -0.1) is 0 Å². The zero-order valence-electron chi connectivity index (χ0n) is 12.4.